The van der Waals surface area contributed by atoms with Crippen molar-refractivity contribution < 1.29 is 9.90 Å². The van der Waals surface area contributed by atoms with E-state index < -0.39 is 5.97 Å². The summed E-state index contributed by atoms with van der Waals surface area (Å²) in [6.07, 6.45) is 6.05. The SMILES string of the molecule is CC(=CCn1ccc(C2CC2)n1)C(=O)O. The zero-order valence-electron chi connectivity index (χ0n) is 8.68. The maximum Gasteiger partial charge on any atom is 0.331 e. The standard InChI is InChI=1S/C11H14N2O2/c1-8(11(14)15)4-6-13-7-5-10(12-13)9-2-3-9/h4-5,7,9H,2-3,6H2,1H3,(H,14,15). The van der Waals surface area contributed by atoms with E-state index in [0.717, 1.165) is 5.69 Å². The molecule has 80 valence electrons. The number of nitrogens with zero attached hydrogens (tertiary/aromatic N) is 2. The Balaban J connectivity index is 1.98. The maximum absolute atomic E-state index is 10.5. The Morgan fingerprint density at radius 3 is 3.07 bits per heavy atom. The number of carboxylic acids is 1. The first-order valence-electron chi connectivity index (χ1n) is 5.10. The summed E-state index contributed by atoms with van der Waals surface area (Å²) in [6, 6.07) is 2.02. The van der Waals surface area contributed by atoms with Gasteiger partial charge in [0.1, 0.15) is 0 Å². The van der Waals surface area contributed by atoms with Crippen LogP contribution in [0, 0.1) is 0 Å². The van der Waals surface area contributed by atoms with Gasteiger partial charge in [-0.15, -0.1) is 0 Å². The molecule has 1 aliphatic rings. The van der Waals surface area contributed by atoms with E-state index >= 15 is 0 Å². The first kappa shape index (κ1) is 9.96. The molecule has 1 saturated carbocycles. The lowest BCUT2D eigenvalue weighted by Gasteiger charge is -1.96. The van der Waals surface area contributed by atoms with Crippen LogP contribution in [0.15, 0.2) is 23.9 Å². The minimum absolute atomic E-state index is 0.360. The summed E-state index contributed by atoms with van der Waals surface area (Å²) in [6.45, 7) is 2.12. The molecule has 0 atom stereocenters. The topological polar surface area (TPSA) is 55.1 Å². The molecule has 1 aliphatic carbocycles. The fourth-order valence-corrected chi connectivity index (χ4v) is 1.39. The summed E-state index contributed by atoms with van der Waals surface area (Å²) in [5.41, 5.74) is 1.50. The highest BCUT2D eigenvalue weighted by molar-refractivity contribution is 5.85. The van der Waals surface area contributed by atoms with Gasteiger partial charge in [0.15, 0.2) is 0 Å². The van der Waals surface area contributed by atoms with E-state index in [1.165, 1.54) is 12.8 Å². The lowest BCUT2D eigenvalue weighted by Crippen LogP contribution is -2.01. The van der Waals surface area contributed by atoms with Gasteiger partial charge in [0.2, 0.25) is 0 Å². The average molecular weight is 206 g/mol. The van der Waals surface area contributed by atoms with Crippen LogP contribution in [0.25, 0.3) is 0 Å². The van der Waals surface area contributed by atoms with Crippen LogP contribution in [-0.2, 0) is 11.3 Å². The fraction of sp³-hybridized carbons (Fsp3) is 0.455. The van der Waals surface area contributed by atoms with Crippen molar-refractivity contribution in [2.75, 3.05) is 0 Å². The zero-order chi connectivity index (χ0) is 10.8. The minimum atomic E-state index is -0.871. The minimum Gasteiger partial charge on any atom is -0.478 e. The summed E-state index contributed by atoms with van der Waals surface area (Å²) in [4.78, 5) is 10.5. The summed E-state index contributed by atoms with van der Waals surface area (Å²) < 4.78 is 1.78. The number of aromatic nitrogens is 2. The third-order valence-electron chi connectivity index (χ3n) is 2.58. The number of carboxylic acid groups (broad SMARTS) is 1. The molecule has 2 rings (SSSR count). The second-order valence-electron chi connectivity index (χ2n) is 3.93. The van der Waals surface area contributed by atoms with Gasteiger partial charge in [-0.1, -0.05) is 6.08 Å². The Morgan fingerprint density at radius 2 is 2.47 bits per heavy atom. The number of allylic oxidation sites excluding steroid dienone is 1. The molecule has 0 aliphatic heterocycles. The van der Waals surface area contributed by atoms with Gasteiger partial charge in [-0.25, -0.2) is 4.79 Å². The van der Waals surface area contributed by atoms with Crippen LogP contribution < -0.4 is 0 Å². The largest absolute Gasteiger partial charge is 0.478 e. The Kier molecular flexibility index (Phi) is 2.58. The van der Waals surface area contributed by atoms with Crippen LogP contribution in [-0.4, -0.2) is 20.9 Å². The van der Waals surface area contributed by atoms with Gasteiger partial charge in [0.05, 0.1) is 12.2 Å². The highest BCUT2D eigenvalue weighted by atomic mass is 16.4. The van der Waals surface area contributed by atoms with Crippen molar-refractivity contribution in [3.05, 3.63) is 29.6 Å². The average Bonchev–Trinajstić information content (AvgIpc) is 2.95. The first-order chi connectivity index (χ1) is 7.16. The lowest BCUT2D eigenvalue weighted by atomic mass is 10.3. The molecule has 0 amide bonds. The van der Waals surface area contributed by atoms with E-state index in [2.05, 4.69) is 5.10 Å². The molecule has 1 heterocycles. The van der Waals surface area contributed by atoms with Gasteiger partial charge < -0.3 is 5.11 Å². The number of carbonyl (C=O) groups is 1. The summed E-state index contributed by atoms with van der Waals surface area (Å²) in [5, 5.41) is 13.0. The van der Waals surface area contributed by atoms with Crippen LogP contribution in [0.2, 0.25) is 0 Å². The van der Waals surface area contributed by atoms with Crippen molar-refractivity contribution in [2.24, 2.45) is 0 Å². The lowest BCUT2D eigenvalue weighted by molar-refractivity contribution is -0.132. The van der Waals surface area contributed by atoms with Gasteiger partial charge in [-0.2, -0.15) is 5.10 Å². The number of hydrogen-bond donors (Lipinski definition) is 1. The predicted molar refractivity (Wildman–Crippen MR) is 55.6 cm³/mol. The van der Waals surface area contributed by atoms with Gasteiger partial charge in [0.25, 0.3) is 0 Å². The van der Waals surface area contributed by atoms with Crippen molar-refractivity contribution >= 4 is 5.97 Å². The second-order valence-corrected chi connectivity index (χ2v) is 3.93. The van der Waals surface area contributed by atoms with E-state index in [-0.39, 0.29) is 0 Å². The fourth-order valence-electron chi connectivity index (χ4n) is 1.39. The van der Waals surface area contributed by atoms with Crippen LogP contribution in [0.4, 0.5) is 0 Å². The molecule has 1 fully saturated rings. The molecule has 0 radical (unpaired) electrons. The summed E-state index contributed by atoms with van der Waals surface area (Å²) >= 11 is 0. The molecule has 4 nitrogen and oxygen atoms in total. The predicted octanol–water partition coefficient (Wildman–Crippen LogP) is 1.79. The van der Waals surface area contributed by atoms with Crippen molar-refractivity contribution in [2.45, 2.75) is 32.2 Å². The van der Waals surface area contributed by atoms with Gasteiger partial charge >= 0.3 is 5.97 Å². The summed E-state index contributed by atoms with van der Waals surface area (Å²) in [7, 11) is 0. The van der Waals surface area contributed by atoms with Crippen LogP contribution in [0.5, 0.6) is 0 Å². The van der Waals surface area contributed by atoms with E-state index in [1.54, 1.807) is 17.7 Å². The second kappa shape index (κ2) is 3.88. The van der Waals surface area contributed by atoms with Gasteiger partial charge in [-0.3, -0.25) is 4.68 Å². The van der Waals surface area contributed by atoms with Crippen molar-refractivity contribution in [1.82, 2.24) is 9.78 Å². The van der Waals surface area contributed by atoms with E-state index in [1.807, 2.05) is 12.3 Å². The Labute approximate surface area is 88.2 Å². The molecule has 0 aromatic carbocycles. The smallest absolute Gasteiger partial charge is 0.331 e. The van der Waals surface area contributed by atoms with Crippen LogP contribution >= 0.6 is 0 Å². The normalized spacial score (nSPS) is 16.7. The Hall–Kier alpha value is -1.58. The van der Waals surface area contributed by atoms with Gasteiger partial charge in [-0.05, 0) is 25.8 Å². The molecular formula is C11H14N2O2. The number of rotatable bonds is 4. The van der Waals surface area contributed by atoms with Gasteiger partial charge in [0, 0.05) is 17.7 Å². The van der Waals surface area contributed by atoms with E-state index in [9.17, 15) is 4.79 Å². The third-order valence-corrected chi connectivity index (χ3v) is 2.58. The number of aliphatic carboxylic acids is 1. The van der Waals surface area contributed by atoms with Crippen molar-refractivity contribution in [3.63, 3.8) is 0 Å². The number of hydrogen-bond acceptors (Lipinski definition) is 2. The summed E-state index contributed by atoms with van der Waals surface area (Å²) in [5.74, 6) is -0.222. The molecule has 1 aromatic heterocycles. The Morgan fingerprint density at radius 1 is 1.73 bits per heavy atom. The maximum atomic E-state index is 10.5. The first-order valence-corrected chi connectivity index (χ1v) is 5.10. The molecule has 0 unspecified atom stereocenters. The quantitative estimate of drug-likeness (QED) is 0.764. The molecule has 1 aromatic rings. The van der Waals surface area contributed by atoms with Crippen molar-refractivity contribution in [3.8, 4) is 0 Å². The molecule has 4 heteroatoms. The van der Waals surface area contributed by atoms with Crippen LogP contribution in [0.1, 0.15) is 31.4 Å². The third kappa shape index (κ3) is 2.46. The molecule has 0 spiro atoms. The van der Waals surface area contributed by atoms with Crippen LogP contribution in [0.3, 0.4) is 0 Å². The van der Waals surface area contributed by atoms with E-state index in [4.69, 9.17) is 5.11 Å². The van der Waals surface area contributed by atoms with Crippen molar-refractivity contribution in [1.29, 1.82) is 0 Å². The molecule has 15 heavy (non-hydrogen) atoms. The monoisotopic (exact) mass is 206 g/mol. The molecule has 0 bridgehead atoms. The highest BCUT2D eigenvalue weighted by Crippen LogP contribution is 2.38. The molecular weight excluding hydrogens is 192 g/mol. The van der Waals surface area contributed by atoms with E-state index in [0.29, 0.717) is 18.0 Å². The molecule has 0 saturated heterocycles. The zero-order valence-corrected chi connectivity index (χ0v) is 8.68. The molecule has 1 N–H and O–H groups in total. The highest BCUT2D eigenvalue weighted by Gasteiger charge is 2.25. The Bertz CT molecular complexity index is 402.